The largest absolute Gasteiger partial charge is 0.494 e. The number of para-hydroxylation sites is 1. The van der Waals surface area contributed by atoms with Crippen LogP contribution in [0, 0.1) is 0 Å². The average molecular weight is 467 g/mol. The molecule has 0 radical (unpaired) electrons. The summed E-state index contributed by atoms with van der Waals surface area (Å²) in [5.74, 6) is 0.707. The van der Waals surface area contributed by atoms with Crippen molar-refractivity contribution in [2.75, 3.05) is 24.7 Å². The standard InChI is InChI=1S/C27H34N2O5/c30-19-22(31)8-4-6-18-34-23-14-11-21(12-15-23)27(33)28-17-5-3-10-25(28)29-24-9-2-1-7-20(24)13-16-26(29)32/h1-2,7,9,11-12,14-15,22,25,30-31H,3-6,8,10,13,16-19H2. The lowest BCUT2D eigenvalue weighted by Gasteiger charge is -2.44. The molecule has 1 fully saturated rings. The smallest absolute Gasteiger partial charge is 0.255 e. The molecule has 4 rings (SSSR count). The highest BCUT2D eigenvalue weighted by Gasteiger charge is 2.37. The van der Waals surface area contributed by atoms with Gasteiger partial charge in [-0.15, -0.1) is 0 Å². The Labute approximate surface area is 200 Å². The first-order valence-corrected chi connectivity index (χ1v) is 12.3. The van der Waals surface area contributed by atoms with E-state index >= 15 is 0 Å². The minimum atomic E-state index is -0.669. The number of anilines is 1. The number of unbranched alkanes of at least 4 members (excludes halogenated alkanes) is 1. The highest BCUT2D eigenvalue weighted by atomic mass is 16.5. The van der Waals surface area contributed by atoms with Crippen LogP contribution in [-0.2, 0) is 11.2 Å². The molecule has 0 aromatic heterocycles. The van der Waals surface area contributed by atoms with Crippen LogP contribution < -0.4 is 9.64 Å². The molecule has 2 aliphatic heterocycles. The SMILES string of the molecule is O=C(c1ccc(OCCCCC(O)CO)cc1)N1CCCCC1N1C(=O)CCc2ccccc21. The minimum Gasteiger partial charge on any atom is -0.494 e. The first-order valence-electron chi connectivity index (χ1n) is 12.3. The Morgan fingerprint density at radius 2 is 1.85 bits per heavy atom. The Hall–Kier alpha value is -2.90. The Kier molecular flexibility index (Phi) is 8.19. The van der Waals surface area contributed by atoms with Gasteiger partial charge in [0.05, 0.1) is 19.3 Å². The van der Waals surface area contributed by atoms with Crippen LogP contribution in [0.5, 0.6) is 5.75 Å². The van der Waals surface area contributed by atoms with Crippen LogP contribution in [0.25, 0.3) is 0 Å². The Morgan fingerprint density at radius 1 is 1.06 bits per heavy atom. The Morgan fingerprint density at radius 3 is 2.65 bits per heavy atom. The molecule has 7 heteroatoms. The van der Waals surface area contributed by atoms with Gasteiger partial charge in [-0.05, 0) is 80.8 Å². The van der Waals surface area contributed by atoms with Gasteiger partial charge in [-0.2, -0.15) is 0 Å². The van der Waals surface area contributed by atoms with Gasteiger partial charge in [0.15, 0.2) is 0 Å². The molecule has 2 amide bonds. The van der Waals surface area contributed by atoms with Crippen LogP contribution in [0.1, 0.15) is 60.9 Å². The number of aryl methyl sites for hydroxylation is 1. The summed E-state index contributed by atoms with van der Waals surface area (Å²) < 4.78 is 5.75. The topological polar surface area (TPSA) is 90.3 Å². The molecule has 7 nitrogen and oxygen atoms in total. The molecule has 2 unspecified atom stereocenters. The fraction of sp³-hybridized carbons (Fsp3) is 0.481. The van der Waals surface area contributed by atoms with E-state index in [0.717, 1.165) is 49.8 Å². The van der Waals surface area contributed by atoms with Crippen LogP contribution in [0.3, 0.4) is 0 Å². The number of aliphatic hydroxyl groups is 2. The van der Waals surface area contributed by atoms with Crippen LogP contribution >= 0.6 is 0 Å². The van der Waals surface area contributed by atoms with Crippen molar-refractivity contribution in [2.24, 2.45) is 0 Å². The van der Waals surface area contributed by atoms with Crippen molar-refractivity contribution in [1.82, 2.24) is 4.90 Å². The van der Waals surface area contributed by atoms with Crippen molar-refractivity contribution in [3.8, 4) is 5.75 Å². The summed E-state index contributed by atoms with van der Waals surface area (Å²) in [6, 6.07) is 15.2. The monoisotopic (exact) mass is 466 g/mol. The average Bonchev–Trinajstić information content (AvgIpc) is 2.88. The van der Waals surface area contributed by atoms with Crippen molar-refractivity contribution in [1.29, 1.82) is 0 Å². The number of amides is 2. The van der Waals surface area contributed by atoms with E-state index in [1.165, 1.54) is 0 Å². The summed E-state index contributed by atoms with van der Waals surface area (Å²) in [5, 5.41) is 18.2. The number of hydrogen-bond donors (Lipinski definition) is 2. The molecule has 1 saturated heterocycles. The summed E-state index contributed by atoms with van der Waals surface area (Å²) in [7, 11) is 0. The van der Waals surface area contributed by atoms with E-state index in [9.17, 15) is 14.7 Å². The van der Waals surface area contributed by atoms with Crippen LogP contribution in [-0.4, -0.2) is 59.0 Å². The number of aliphatic hydroxyl groups excluding tert-OH is 2. The molecule has 0 bridgehead atoms. The molecule has 0 spiro atoms. The van der Waals surface area contributed by atoms with E-state index in [-0.39, 0.29) is 24.6 Å². The number of carbonyl (C=O) groups excluding carboxylic acids is 2. The van der Waals surface area contributed by atoms with Gasteiger partial charge in [-0.25, -0.2) is 0 Å². The summed E-state index contributed by atoms with van der Waals surface area (Å²) in [6.07, 6.45) is 5.08. The van der Waals surface area contributed by atoms with Crippen LogP contribution in [0.2, 0.25) is 0 Å². The fourth-order valence-corrected chi connectivity index (χ4v) is 4.82. The normalized spacial score (nSPS) is 19.0. The molecular formula is C27H34N2O5. The molecule has 0 saturated carbocycles. The van der Waals surface area contributed by atoms with Crippen molar-refractivity contribution < 1.29 is 24.5 Å². The van der Waals surface area contributed by atoms with E-state index in [2.05, 4.69) is 6.07 Å². The Balaban J connectivity index is 1.41. The highest BCUT2D eigenvalue weighted by Crippen LogP contribution is 2.34. The lowest BCUT2D eigenvalue weighted by molar-refractivity contribution is -0.120. The summed E-state index contributed by atoms with van der Waals surface area (Å²) in [6.45, 7) is 0.927. The minimum absolute atomic E-state index is 0.0647. The first kappa shape index (κ1) is 24.2. The zero-order chi connectivity index (χ0) is 23.9. The van der Waals surface area contributed by atoms with E-state index in [4.69, 9.17) is 9.84 Å². The summed E-state index contributed by atoms with van der Waals surface area (Å²) in [5.41, 5.74) is 2.68. The molecule has 2 atom stereocenters. The number of ether oxygens (including phenoxy) is 1. The molecule has 2 aromatic rings. The first-order chi connectivity index (χ1) is 16.6. The second-order valence-corrected chi connectivity index (χ2v) is 9.07. The maximum absolute atomic E-state index is 13.5. The van der Waals surface area contributed by atoms with Gasteiger partial charge in [0.2, 0.25) is 5.91 Å². The molecular weight excluding hydrogens is 432 g/mol. The van der Waals surface area contributed by atoms with Gasteiger partial charge in [-0.3, -0.25) is 14.5 Å². The Bertz CT molecular complexity index is 977. The van der Waals surface area contributed by atoms with Crippen LogP contribution in [0.4, 0.5) is 5.69 Å². The number of rotatable bonds is 9. The van der Waals surface area contributed by atoms with Gasteiger partial charge in [0, 0.05) is 24.2 Å². The molecule has 0 aliphatic carbocycles. The molecule has 2 aliphatic rings. The summed E-state index contributed by atoms with van der Waals surface area (Å²) >= 11 is 0. The number of carbonyl (C=O) groups is 2. The maximum atomic E-state index is 13.5. The third kappa shape index (κ3) is 5.59. The van der Waals surface area contributed by atoms with Gasteiger partial charge >= 0.3 is 0 Å². The van der Waals surface area contributed by atoms with Crippen molar-refractivity contribution in [3.63, 3.8) is 0 Å². The second kappa shape index (κ2) is 11.5. The third-order valence-electron chi connectivity index (χ3n) is 6.67. The number of fused-ring (bicyclic) bond motifs is 1. The maximum Gasteiger partial charge on any atom is 0.255 e. The number of likely N-dealkylation sites (tertiary alicyclic amines) is 1. The number of nitrogens with zero attached hydrogens (tertiary/aromatic N) is 2. The third-order valence-corrected chi connectivity index (χ3v) is 6.67. The lowest BCUT2D eigenvalue weighted by Crippen LogP contribution is -2.56. The number of piperidine rings is 1. The fourth-order valence-electron chi connectivity index (χ4n) is 4.82. The van der Waals surface area contributed by atoms with Crippen LogP contribution in [0.15, 0.2) is 48.5 Å². The second-order valence-electron chi connectivity index (χ2n) is 9.07. The van der Waals surface area contributed by atoms with Gasteiger partial charge < -0.3 is 19.8 Å². The summed E-state index contributed by atoms with van der Waals surface area (Å²) in [4.78, 5) is 30.1. The highest BCUT2D eigenvalue weighted by molar-refractivity contribution is 5.99. The molecule has 2 heterocycles. The van der Waals surface area contributed by atoms with E-state index in [1.807, 2.05) is 28.0 Å². The predicted octanol–water partition coefficient (Wildman–Crippen LogP) is 3.52. The van der Waals surface area contributed by atoms with E-state index in [1.54, 1.807) is 24.3 Å². The zero-order valence-corrected chi connectivity index (χ0v) is 19.6. The van der Waals surface area contributed by atoms with Crippen molar-refractivity contribution >= 4 is 17.5 Å². The van der Waals surface area contributed by atoms with Crippen molar-refractivity contribution in [3.05, 3.63) is 59.7 Å². The lowest BCUT2D eigenvalue weighted by atomic mass is 9.97. The number of benzene rings is 2. The quantitative estimate of drug-likeness (QED) is 0.552. The zero-order valence-electron chi connectivity index (χ0n) is 19.6. The van der Waals surface area contributed by atoms with Gasteiger partial charge in [-0.1, -0.05) is 18.2 Å². The predicted molar refractivity (Wildman–Crippen MR) is 130 cm³/mol. The van der Waals surface area contributed by atoms with Gasteiger partial charge in [0.25, 0.3) is 5.91 Å². The molecule has 2 N–H and O–H groups in total. The number of hydrogen-bond acceptors (Lipinski definition) is 5. The van der Waals surface area contributed by atoms with Crippen molar-refractivity contribution in [2.45, 2.75) is 63.6 Å². The molecule has 182 valence electrons. The van der Waals surface area contributed by atoms with E-state index < -0.39 is 6.10 Å². The van der Waals surface area contributed by atoms with E-state index in [0.29, 0.717) is 37.3 Å². The molecule has 2 aromatic carbocycles. The molecule has 34 heavy (non-hydrogen) atoms. The van der Waals surface area contributed by atoms with Gasteiger partial charge in [0.1, 0.15) is 11.9 Å².